The van der Waals surface area contributed by atoms with Crippen LogP contribution in [-0.4, -0.2) is 53.8 Å². The van der Waals surface area contributed by atoms with Crippen molar-refractivity contribution in [2.24, 2.45) is 0 Å². The molecule has 1 aliphatic rings. The van der Waals surface area contributed by atoms with Crippen LogP contribution < -0.4 is 15.0 Å². The molecule has 3 N–H and O–H groups in total. The van der Waals surface area contributed by atoms with Crippen LogP contribution in [-0.2, 0) is 4.74 Å². The van der Waals surface area contributed by atoms with E-state index in [0.29, 0.717) is 11.4 Å². The molecule has 0 fully saturated rings. The van der Waals surface area contributed by atoms with Gasteiger partial charge in [0, 0.05) is 7.05 Å². The average molecular weight is 338 g/mol. The van der Waals surface area contributed by atoms with Crippen LogP contribution in [0.15, 0.2) is 18.2 Å². The number of carboxylic acid groups (broad SMARTS) is 1. The highest BCUT2D eigenvalue weighted by molar-refractivity contribution is 5.89. The molecule has 0 radical (unpaired) electrons. The number of carbonyl (C=O) groups is 2. The van der Waals surface area contributed by atoms with Gasteiger partial charge in [-0.3, -0.25) is 0 Å². The van der Waals surface area contributed by atoms with Gasteiger partial charge in [0.1, 0.15) is 24.0 Å². The van der Waals surface area contributed by atoms with Crippen LogP contribution >= 0.6 is 0 Å². The molecule has 132 valence electrons. The van der Waals surface area contributed by atoms with Crippen molar-refractivity contribution in [1.29, 1.82) is 0 Å². The quantitative estimate of drug-likeness (QED) is 0.748. The molecule has 0 spiro atoms. The average Bonchev–Trinajstić information content (AvgIpc) is 2.57. The summed E-state index contributed by atoms with van der Waals surface area (Å²) in [6, 6.07) is 3.61. The number of hydrogen-bond donors (Lipinski definition) is 3. The molecule has 0 saturated heterocycles. The first-order valence-corrected chi connectivity index (χ1v) is 7.49. The van der Waals surface area contributed by atoms with E-state index in [1.165, 1.54) is 23.1 Å². The third-order valence-corrected chi connectivity index (χ3v) is 3.46. The van der Waals surface area contributed by atoms with E-state index in [-0.39, 0.29) is 12.2 Å². The zero-order valence-corrected chi connectivity index (χ0v) is 14.1. The van der Waals surface area contributed by atoms with Crippen molar-refractivity contribution < 1.29 is 29.3 Å². The van der Waals surface area contributed by atoms with Crippen molar-refractivity contribution in [1.82, 2.24) is 5.32 Å². The van der Waals surface area contributed by atoms with Gasteiger partial charge in [-0.15, -0.1) is 0 Å². The Morgan fingerprint density at radius 3 is 2.62 bits per heavy atom. The lowest BCUT2D eigenvalue weighted by Gasteiger charge is -2.30. The van der Waals surface area contributed by atoms with Gasteiger partial charge in [0.15, 0.2) is 6.23 Å². The summed E-state index contributed by atoms with van der Waals surface area (Å²) < 4.78 is 10.8. The van der Waals surface area contributed by atoms with Gasteiger partial charge in [0.05, 0.1) is 11.3 Å². The Hall–Kier alpha value is -2.48. The number of hydrogen-bond acceptors (Lipinski definition) is 6. The lowest BCUT2D eigenvalue weighted by Crippen LogP contribution is -2.53. The second-order valence-corrected chi connectivity index (χ2v) is 6.58. The molecule has 1 unspecified atom stereocenters. The Balaban J connectivity index is 2.18. The summed E-state index contributed by atoms with van der Waals surface area (Å²) in [6.45, 7) is 5.23. The lowest BCUT2D eigenvalue weighted by molar-refractivity contribution is 0.0386. The van der Waals surface area contributed by atoms with Crippen LogP contribution in [0.1, 0.15) is 31.1 Å². The van der Waals surface area contributed by atoms with Crippen molar-refractivity contribution in [2.75, 3.05) is 18.6 Å². The highest BCUT2D eigenvalue weighted by atomic mass is 16.6. The summed E-state index contributed by atoms with van der Waals surface area (Å²) >= 11 is 0. The molecule has 2 rings (SSSR count). The summed E-state index contributed by atoms with van der Waals surface area (Å²) in [5, 5.41) is 22.1. The number of carboxylic acids is 1. The molecule has 0 saturated carbocycles. The fourth-order valence-corrected chi connectivity index (χ4v) is 2.30. The Morgan fingerprint density at radius 1 is 1.38 bits per heavy atom. The van der Waals surface area contributed by atoms with Crippen LogP contribution in [0.25, 0.3) is 0 Å². The molecule has 8 heteroatoms. The van der Waals surface area contributed by atoms with Crippen LogP contribution in [0.5, 0.6) is 5.75 Å². The van der Waals surface area contributed by atoms with Crippen molar-refractivity contribution in [3.05, 3.63) is 23.8 Å². The minimum atomic E-state index is -1.11. The number of aromatic carboxylic acids is 1. The Labute approximate surface area is 140 Å². The van der Waals surface area contributed by atoms with Gasteiger partial charge in [-0.05, 0) is 39.0 Å². The molecular formula is C16H22N2O6. The van der Waals surface area contributed by atoms with E-state index in [0.717, 1.165) is 0 Å². The molecule has 0 bridgehead atoms. The fourth-order valence-electron chi connectivity index (χ4n) is 2.30. The number of benzene rings is 1. The van der Waals surface area contributed by atoms with E-state index < -0.39 is 29.9 Å². The van der Waals surface area contributed by atoms with Crippen molar-refractivity contribution >= 4 is 17.7 Å². The second-order valence-electron chi connectivity index (χ2n) is 6.58. The Kier molecular flexibility index (Phi) is 4.88. The predicted molar refractivity (Wildman–Crippen MR) is 86.5 cm³/mol. The number of anilines is 1. The van der Waals surface area contributed by atoms with E-state index in [4.69, 9.17) is 14.6 Å². The van der Waals surface area contributed by atoms with Gasteiger partial charge >= 0.3 is 12.1 Å². The number of alkyl carbamates (subject to hydrolysis) is 1. The molecular weight excluding hydrogens is 316 g/mol. The number of nitrogens with zero attached hydrogens (tertiary/aromatic N) is 1. The minimum absolute atomic E-state index is 0.0180. The number of nitrogens with one attached hydrogen (secondary N) is 1. The molecule has 1 aromatic rings. The minimum Gasteiger partial charge on any atom is -0.489 e. The number of aliphatic hydroxyl groups is 1. The monoisotopic (exact) mass is 338 g/mol. The maximum absolute atomic E-state index is 11.9. The zero-order valence-electron chi connectivity index (χ0n) is 14.1. The van der Waals surface area contributed by atoms with Gasteiger partial charge in [-0.25, -0.2) is 9.59 Å². The number of aliphatic hydroxyl groups excluding tert-OH is 1. The summed E-state index contributed by atoms with van der Waals surface area (Å²) in [7, 11) is 1.59. The molecule has 1 aromatic carbocycles. The molecule has 1 aliphatic heterocycles. The molecule has 8 nitrogen and oxygen atoms in total. The van der Waals surface area contributed by atoms with Crippen LogP contribution in [0, 0.1) is 0 Å². The highest BCUT2D eigenvalue weighted by Crippen LogP contribution is 2.32. The van der Waals surface area contributed by atoms with Gasteiger partial charge in [0.25, 0.3) is 0 Å². The fraction of sp³-hybridized carbons (Fsp3) is 0.500. The van der Waals surface area contributed by atoms with Crippen LogP contribution in [0.3, 0.4) is 0 Å². The lowest BCUT2D eigenvalue weighted by atomic mass is 10.1. The van der Waals surface area contributed by atoms with E-state index in [9.17, 15) is 14.7 Å². The number of fused-ring (bicyclic) bond motifs is 1. The normalized spacial score (nSPS) is 20.5. The van der Waals surface area contributed by atoms with Crippen LogP contribution in [0.2, 0.25) is 0 Å². The second kappa shape index (κ2) is 6.56. The number of rotatable bonds is 2. The number of ether oxygens (including phenoxy) is 2. The maximum atomic E-state index is 11.9. The van der Waals surface area contributed by atoms with E-state index in [1.54, 1.807) is 27.8 Å². The predicted octanol–water partition coefficient (Wildman–Crippen LogP) is 1.43. The molecule has 2 atom stereocenters. The summed E-state index contributed by atoms with van der Waals surface area (Å²) in [4.78, 5) is 24.5. The Morgan fingerprint density at radius 2 is 2.04 bits per heavy atom. The SMILES string of the molecule is CN1c2cc(C(=O)O)ccc2OC[C@H](NC(=O)OC(C)(C)C)C1O. The summed E-state index contributed by atoms with van der Waals surface area (Å²) in [5.41, 5.74) is -0.155. The van der Waals surface area contributed by atoms with E-state index in [2.05, 4.69) is 5.32 Å². The maximum Gasteiger partial charge on any atom is 0.408 e. The van der Waals surface area contributed by atoms with Crippen LogP contribution in [0.4, 0.5) is 10.5 Å². The molecule has 1 heterocycles. The first-order chi connectivity index (χ1) is 11.1. The first kappa shape index (κ1) is 17.9. The highest BCUT2D eigenvalue weighted by Gasteiger charge is 2.32. The van der Waals surface area contributed by atoms with Crippen molar-refractivity contribution in [2.45, 2.75) is 38.6 Å². The van der Waals surface area contributed by atoms with Gasteiger partial charge in [-0.1, -0.05) is 0 Å². The van der Waals surface area contributed by atoms with Gasteiger partial charge < -0.3 is 29.9 Å². The largest absolute Gasteiger partial charge is 0.489 e. The smallest absolute Gasteiger partial charge is 0.408 e. The van der Waals surface area contributed by atoms with E-state index in [1.807, 2.05) is 0 Å². The zero-order chi connectivity index (χ0) is 18.1. The number of likely N-dealkylation sites (N-methyl/N-ethyl adjacent to an activating group) is 1. The standard InChI is InChI=1S/C16H22N2O6/c1-16(2,3)24-15(22)17-10-8-23-12-6-5-9(14(20)21)7-11(12)18(4)13(10)19/h5-7,10,13,19H,8H2,1-4H3,(H,17,22)(H,20,21)/t10-,13?/m0/s1. The first-order valence-electron chi connectivity index (χ1n) is 7.49. The Bertz CT molecular complexity index is 640. The molecule has 0 aliphatic carbocycles. The molecule has 1 amide bonds. The van der Waals surface area contributed by atoms with Gasteiger partial charge in [-0.2, -0.15) is 0 Å². The number of carbonyl (C=O) groups excluding carboxylic acids is 1. The third kappa shape index (κ3) is 4.08. The summed E-state index contributed by atoms with van der Waals surface area (Å²) in [6.07, 6.45) is -1.77. The van der Waals surface area contributed by atoms with Crippen molar-refractivity contribution in [3.63, 3.8) is 0 Å². The molecule has 0 aromatic heterocycles. The third-order valence-electron chi connectivity index (χ3n) is 3.46. The summed E-state index contributed by atoms with van der Waals surface area (Å²) in [5.74, 6) is -0.650. The molecule has 24 heavy (non-hydrogen) atoms. The number of amides is 1. The topological polar surface area (TPSA) is 108 Å². The van der Waals surface area contributed by atoms with E-state index >= 15 is 0 Å². The van der Waals surface area contributed by atoms with Crippen molar-refractivity contribution in [3.8, 4) is 5.75 Å². The van der Waals surface area contributed by atoms with Gasteiger partial charge in [0.2, 0.25) is 0 Å².